The molecular formula is C26H26F3NO3. The molecule has 0 aliphatic carbocycles. The van der Waals surface area contributed by atoms with Gasteiger partial charge < -0.3 is 14.8 Å². The number of benzene rings is 3. The standard InChI is InChI=1S/C26H26F3NO3/c1-3-19-14-18(8-13-24(19)33-17-25(31)32-4-2)16-30-23-7-5-6-21(15-23)20-9-11-22(12-10-20)26(27,28)29/h5-15,30H,3-4,16-17H2,1-2H3. The Morgan fingerprint density at radius 2 is 1.70 bits per heavy atom. The van der Waals surface area contributed by atoms with E-state index in [2.05, 4.69) is 5.32 Å². The summed E-state index contributed by atoms with van der Waals surface area (Å²) >= 11 is 0. The van der Waals surface area contributed by atoms with Gasteiger partial charge in [0.05, 0.1) is 12.2 Å². The van der Waals surface area contributed by atoms with Crippen LogP contribution in [-0.2, 0) is 28.7 Å². The van der Waals surface area contributed by atoms with Gasteiger partial charge in [-0.25, -0.2) is 4.79 Å². The molecule has 0 unspecified atom stereocenters. The Balaban J connectivity index is 1.66. The number of carbonyl (C=O) groups is 1. The molecule has 0 aliphatic heterocycles. The van der Waals surface area contributed by atoms with Gasteiger partial charge in [-0.2, -0.15) is 13.2 Å². The topological polar surface area (TPSA) is 47.6 Å². The average molecular weight is 457 g/mol. The molecule has 0 aromatic heterocycles. The van der Waals surface area contributed by atoms with Gasteiger partial charge in [0.15, 0.2) is 6.61 Å². The number of nitrogens with one attached hydrogen (secondary N) is 1. The van der Waals surface area contributed by atoms with Gasteiger partial charge in [-0.15, -0.1) is 0 Å². The lowest BCUT2D eigenvalue weighted by Gasteiger charge is -2.13. The lowest BCUT2D eigenvalue weighted by Crippen LogP contribution is -2.15. The second-order valence-corrected chi connectivity index (χ2v) is 7.40. The molecule has 0 heterocycles. The summed E-state index contributed by atoms with van der Waals surface area (Å²) in [5.41, 5.74) is 3.75. The number of carbonyl (C=O) groups excluding carboxylic acids is 1. The maximum atomic E-state index is 12.8. The molecule has 1 N–H and O–H groups in total. The molecule has 0 saturated heterocycles. The molecule has 0 radical (unpaired) electrons. The molecule has 0 amide bonds. The highest BCUT2D eigenvalue weighted by Gasteiger charge is 2.29. The van der Waals surface area contributed by atoms with E-state index < -0.39 is 17.7 Å². The van der Waals surface area contributed by atoms with Gasteiger partial charge in [-0.3, -0.25) is 0 Å². The summed E-state index contributed by atoms with van der Waals surface area (Å²) in [6, 6.07) is 18.5. The molecule has 0 saturated carbocycles. The summed E-state index contributed by atoms with van der Waals surface area (Å²) in [5.74, 6) is 0.247. The van der Waals surface area contributed by atoms with Crippen molar-refractivity contribution in [1.82, 2.24) is 0 Å². The molecule has 0 fully saturated rings. The number of esters is 1. The molecule has 0 spiro atoms. The van der Waals surface area contributed by atoms with Crippen LogP contribution in [0.25, 0.3) is 11.1 Å². The maximum Gasteiger partial charge on any atom is 0.416 e. The Bertz CT molecular complexity index is 1080. The van der Waals surface area contributed by atoms with Gasteiger partial charge in [0.1, 0.15) is 5.75 Å². The Labute approximate surface area is 191 Å². The Morgan fingerprint density at radius 3 is 2.36 bits per heavy atom. The third kappa shape index (κ3) is 6.75. The zero-order valence-corrected chi connectivity index (χ0v) is 18.5. The minimum atomic E-state index is -4.35. The number of rotatable bonds is 9. The van der Waals surface area contributed by atoms with Gasteiger partial charge in [-0.05, 0) is 65.9 Å². The minimum absolute atomic E-state index is 0.130. The molecule has 33 heavy (non-hydrogen) atoms. The highest BCUT2D eigenvalue weighted by Crippen LogP contribution is 2.31. The van der Waals surface area contributed by atoms with Gasteiger partial charge >= 0.3 is 12.1 Å². The van der Waals surface area contributed by atoms with Crippen LogP contribution in [0.3, 0.4) is 0 Å². The largest absolute Gasteiger partial charge is 0.482 e. The molecule has 4 nitrogen and oxygen atoms in total. The molecule has 3 aromatic carbocycles. The molecule has 0 bridgehead atoms. The van der Waals surface area contributed by atoms with Crippen molar-refractivity contribution in [2.24, 2.45) is 0 Å². The van der Waals surface area contributed by atoms with Crippen LogP contribution in [0.15, 0.2) is 66.7 Å². The van der Waals surface area contributed by atoms with E-state index in [1.807, 2.05) is 49.4 Å². The van der Waals surface area contributed by atoms with Crippen molar-refractivity contribution >= 4 is 11.7 Å². The maximum absolute atomic E-state index is 12.8. The molecule has 0 aliphatic rings. The van der Waals surface area contributed by atoms with E-state index in [-0.39, 0.29) is 6.61 Å². The molecule has 3 rings (SSSR count). The SMILES string of the molecule is CCOC(=O)COc1ccc(CNc2cccc(-c3ccc(C(F)(F)F)cc3)c2)cc1CC. The summed E-state index contributed by atoms with van der Waals surface area (Å²) < 4.78 is 48.9. The van der Waals surface area contributed by atoms with Crippen molar-refractivity contribution in [2.45, 2.75) is 33.0 Å². The van der Waals surface area contributed by atoms with E-state index in [1.165, 1.54) is 12.1 Å². The molecule has 0 atom stereocenters. The number of hydrogen-bond donors (Lipinski definition) is 1. The van der Waals surface area contributed by atoms with Gasteiger partial charge in [0.2, 0.25) is 0 Å². The van der Waals surface area contributed by atoms with Crippen LogP contribution in [0.2, 0.25) is 0 Å². The van der Waals surface area contributed by atoms with E-state index in [0.717, 1.165) is 40.9 Å². The summed E-state index contributed by atoms with van der Waals surface area (Å²) in [5, 5.41) is 3.35. The van der Waals surface area contributed by atoms with Gasteiger partial charge in [0, 0.05) is 12.2 Å². The summed E-state index contributed by atoms with van der Waals surface area (Å²) in [4.78, 5) is 11.5. The van der Waals surface area contributed by atoms with Crippen molar-refractivity contribution in [3.8, 4) is 16.9 Å². The fourth-order valence-corrected chi connectivity index (χ4v) is 3.36. The summed E-state index contributed by atoms with van der Waals surface area (Å²) in [7, 11) is 0. The highest BCUT2D eigenvalue weighted by molar-refractivity contribution is 5.71. The Kier molecular flexibility index (Phi) is 7.98. The number of ether oxygens (including phenoxy) is 2. The number of halogens is 3. The number of hydrogen-bond acceptors (Lipinski definition) is 4. The van der Waals surface area contributed by atoms with Crippen LogP contribution in [0.4, 0.5) is 18.9 Å². The monoisotopic (exact) mass is 457 g/mol. The minimum Gasteiger partial charge on any atom is -0.482 e. The van der Waals surface area contributed by atoms with E-state index in [4.69, 9.17) is 9.47 Å². The third-order valence-corrected chi connectivity index (χ3v) is 5.06. The first kappa shape index (κ1) is 24.2. The molecule has 174 valence electrons. The zero-order valence-electron chi connectivity index (χ0n) is 18.5. The quantitative estimate of drug-likeness (QED) is 0.373. The molecule has 3 aromatic rings. The van der Waals surface area contributed by atoms with Crippen molar-refractivity contribution < 1.29 is 27.4 Å². The smallest absolute Gasteiger partial charge is 0.416 e. The highest BCUT2D eigenvalue weighted by atomic mass is 19.4. The fourth-order valence-electron chi connectivity index (χ4n) is 3.36. The van der Waals surface area contributed by atoms with Crippen molar-refractivity contribution in [3.63, 3.8) is 0 Å². The van der Waals surface area contributed by atoms with Crippen molar-refractivity contribution in [3.05, 3.63) is 83.4 Å². The summed E-state index contributed by atoms with van der Waals surface area (Å²) in [6.45, 7) is 4.50. The number of aryl methyl sites for hydroxylation is 1. The van der Waals surface area contributed by atoms with E-state index >= 15 is 0 Å². The average Bonchev–Trinajstić information content (AvgIpc) is 2.81. The second-order valence-electron chi connectivity index (χ2n) is 7.40. The molecular weight excluding hydrogens is 431 g/mol. The predicted octanol–water partition coefficient (Wildman–Crippen LogP) is 6.49. The lowest BCUT2D eigenvalue weighted by molar-refractivity contribution is -0.145. The Hall–Kier alpha value is -3.48. The lowest BCUT2D eigenvalue weighted by atomic mass is 10.0. The normalized spacial score (nSPS) is 11.2. The van der Waals surface area contributed by atoms with Gasteiger partial charge in [-0.1, -0.05) is 43.3 Å². The van der Waals surface area contributed by atoms with E-state index in [9.17, 15) is 18.0 Å². The molecule has 7 heteroatoms. The fraction of sp³-hybridized carbons (Fsp3) is 0.269. The third-order valence-electron chi connectivity index (χ3n) is 5.06. The van der Waals surface area contributed by atoms with E-state index in [0.29, 0.717) is 24.5 Å². The number of anilines is 1. The van der Waals surface area contributed by atoms with Crippen LogP contribution in [0, 0.1) is 0 Å². The second kappa shape index (κ2) is 10.9. The van der Waals surface area contributed by atoms with Crippen molar-refractivity contribution in [1.29, 1.82) is 0 Å². The first-order valence-corrected chi connectivity index (χ1v) is 10.7. The van der Waals surface area contributed by atoms with Gasteiger partial charge in [0.25, 0.3) is 0 Å². The van der Waals surface area contributed by atoms with Crippen LogP contribution >= 0.6 is 0 Å². The predicted molar refractivity (Wildman–Crippen MR) is 122 cm³/mol. The van der Waals surface area contributed by atoms with Crippen LogP contribution < -0.4 is 10.1 Å². The first-order chi connectivity index (χ1) is 15.8. The van der Waals surface area contributed by atoms with Crippen LogP contribution in [-0.4, -0.2) is 19.2 Å². The van der Waals surface area contributed by atoms with Crippen LogP contribution in [0.5, 0.6) is 5.75 Å². The van der Waals surface area contributed by atoms with Crippen LogP contribution in [0.1, 0.15) is 30.5 Å². The number of alkyl halides is 3. The Morgan fingerprint density at radius 1 is 0.939 bits per heavy atom. The van der Waals surface area contributed by atoms with Crippen molar-refractivity contribution in [2.75, 3.05) is 18.5 Å². The van der Waals surface area contributed by atoms with E-state index in [1.54, 1.807) is 6.92 Å². The zero-order chi connectivity index (χ0) is 23.8. The summed E-state index contributed by atoms with van der Waals surface area (Å²) in [6.07, 6.45) is -3.60. The first-order valence-electron chi connectivity index (χ1n) is 10.7.